The summed E-state index contributed by atoms with van der Waals surface area (Å²) in [6.45, 7) is 4.75. The molecule has 0 heterocycles. The van der Waals surface area contributed by atoms with Crippen LogP contribution in [0.1, 0.15) is 16.7 Å². The van der Waals surface area contributed by atoms with Crippen LogP contribution in [0.25, 0.3) is 0 Å². The first kappa shape index (κ1) is 13.5. The second-order valence-electron chi connectivity index (χ2n) is 4.33. The fraction of sp³-hybridized carbons (Fsp3) is 0.200. The molecule has 0 aliphatic rings. The number of halogens is 1. The largest absolute Gasteiger partial charge is 0.326 e. The zero-order chi connectivity index (χ0) is 13.1. The highest BCUT2D eigenvalue weighted by molar-refractivity contribution is 7.99. The van der Waals surface area contributed by atoms with Gasteiger partial charge in [-0.2, -0.15) is 0 Å². The van der Waals surface area contributed by atoms with Crippen LogP contribution in [0, 0.1) is 13.8 Å². The van der Waals surface area contributed by atoms with Gasteiger partial charge in [-0.15, -0.1) is 0 Å². The van der Waals surface area contributed by atoms with Crippen molar-refractivity contribution < 1.29 is 0 Å². The van der Waals surface area contributed by atoms with Gasteiger partial charge in [-0.3, -0.25) is 0 Å². The van der Waals surface area contributed by atoms with E-state index in [4.69, 9.17) is 17.3 Å². The summed E-state index contributed by atoms with van der Waals surface area (Å²) < 4.78 is 0. The quantitative estimate of drug-likeness (QED) is 0.890. The van der Waals surface area contributed by atoms with E-state index in [1.165, 1.54) is 16.0 Å². The van der Waals surface area contributed by atoms with E-state index in [2.05, 4.69) is 32.0 Å². The Hall–Kier alpha value is -0.960. The molecule has 0 amide bonds. The van der Waals surface area contributed by atoms with Crippen molar-refractivity contribution in [3.05, 3.63) is 58.1 Å². The molecule has 3 heteroatoms. The SMILES string of the molecule is Cc1ccc(C)c(Sc2cc(Cl)ccc2CN)c1. The first-order valence-corrected chi connectivity index (χ1v) is 7.03. The average molecular weight is 278 g/mol. The van der Waals surface area contributed by atoms with Crippen LogP contribution in [0.4, 0.5) is 0 Å². The monoisotopic (exact) mass is 277 g/mol. The fourth-order valence-corrected chi connectivity index (χ4v) is 3.14. The molecule has 0 atom stereocenters. The second-order valence-corrected chi connectivity index (χ2v) is 5.85. The van der Waals surface area contributed by atoms with Gasteiger partial charge in [0.1, 0.15) is 0 Å². The molecule has 0 spiro atoms. The van der Waals surface area contributed by atoms with Crippen molar-refractivity contribution in [2.24, 2.45) is 5.73 Å². The Kier molecular flexibility index (Phi) is 4.33. The Morgan fingerprint density at radius 2 is 1.83 bits per heavy atom. The summed E-state index contributed by atoms with van der Waals surface area (Å²) in [5.74, 6) is 0. The Labute approximate surface area is 117 Å². The molecule has 0 bridgehead atoms. The lowest BCUT2D eigenvalue weighted by atomic mass is 10.2. The van der Waals surface area contributed by atoms with Crippen molar-refractivity contribution in [1.29, 1.82) is 0 Å². The van der Waals surface area contributed by atoms with Gasteiger partial charge in [0.2, 0.25) is 0 Å². The van der Waals surface area contributed by atoms with Gasteiger partial charge in [0.25, 0.3) is 0 Å². The van der Waals surface area contributed by atoms with Crippen molar-refractivity contribution in [3.8, 4) is 0 Å². The van der Waals surface area contributed by atoms with E-state index >= 15 is 0 Å². The second kappa shape index (κ2) is 5.79. The van der Waals surface area contributed by atoms with Crippen LogP contribution in [-0.4, -0.2) is 0 Å². The smallest absolute Gasteiger partial charge is 0.0417 e. The fourth-order valence-electron chi connectivity index (χ4n) is 1.73. The lowest BCUT2D eigenvalue weighted by Gasteiger charge is -2.10. The molecule has 2 N–H and O–H groups in total. The summed E-state index contributed by atoms with van der Waals surface area (Å²) >= 11 is 7.79. The van der Waals surface area contributed by atoms with Gasteiger partial charge in [0.05, 0.1) is 0 Å². The molecular weight excluding hydrogens is 262 g/mol. The van der Waals surface area contributed by atoms with Crippen LogP contribution in [0.2, 0.25) is 5.02 Å². The zero-order valence-corrected chi connectivity index (χ0v) is 12.1. The molecule has 94 valence electrons. The Morgan fingerprint density at radius 3 is 2.56 bits per heavy atom. The third-order valence-corrected chi connectivity index (χ3v) is 4.31. The van der Waals surface area contributed by atoms with E-state index < -0.39 is 0 Å². The van der Waals surface area contributed by atoms with Crippen LogP contribution in [0.3, 0.4) is 0 Å². The van der Waals surface area contributed by atoms with Crippen molar-refractivity contribution in [2.75, 3.05) is 0 Å². The molecule has 0 fully saturated rings. The highest BCUT2D eigenvalue weighted by atomic mass is 35.5. The molecule has 0 radical (unpaired) electrons. The predicted molar refractivity (Wildman–Crippen MR) is 79.4 cm³/mol. The number of nitrogens with two attached hydrogens (primary N) is 1. The number of rotatable bonds is 3. The maximum absolute atomic E-state index is 6.06. The summed E-state index contributed by atoms with van der Waals surface area (Å²) in [5.41, 5.74) is 9.43. The van der Waals surface area contributed by atoms with Crippen LogP contribution in [-0.2, 0) is 6.54 Å². The molecule has 0 saturated heterocycles. The lowest BCUT2D eigenvalue weighted by molar-refractivity contribution is 1.03. The molecule has 0 aliphatic heterocycles. The molecular formula is C15H16ClNS. The molecule has 2 rings (SSSR count). The van der Waals surface area contributed by atoms with Crippen molar-refractivity contribution >= 4 is 23.4 Å². The maximum Gasteiger partial charge on any atom is 0.0417 e. The van der Waals surface area contributed by atoms with Gasteiger partial charge >= 0.3 is 0 Å². The highest BCUT2D eigenvalue weighted by Crippen LogP contribution is 2.34. The Morgan fingerprint density at radius 1 is 1.06 bits per heavy atom. The van der Waals surface area contributed by atoms with Gasteiger partial charge in [-0.25, -0.2) is 0 Å². The predicted octanol–water partition coefficient (Wildman–Crippen LogP) is 4.57. The molecule has 0 aromatic heterocycles. The van der Waals surface area contributed by atoms with E-state index in [1.807, 2.05) is 18.2 Å². The molecule has 0 aliphatic carbocycles. The summed E-state index contributed by atoms with van der Waals surface area (Å²) in [6, 6.07) is 12.3. The third-order valence-electron chi connectivity index (χ3n) is 2.81. The minimum absolute atomic E-state index is 0.532. The Bertz CT molecular complexity index is 566. The zero-order valence-electron chi connectivity index (χ0n) is 10.5. The average Bonchev–Trinajstić information content (AvgIpc) is 2.34. The third kappa shape index (κ3) is 3.08. The minimum atomic E-state index is 0.532. The summed E-state index contributed by atoms with van der Waals surface area (Å²) in [6.07, 6.45) is 0. The van der Waals surface area contributed by atoms with Gasteiger partial charge in [-0.05, 0) is 48.7 Å². The first-order valence-electron chi connectivity index (χ1n) is 5.84. The molecule has 0 unspecified atom stereocenters. The molecule has 2 aromatic rings. The molecule has 18 heavy (non-hydrogen) atoms. The van der Waals surface area contributed by atoms with E-state index in [0.717, 1.165) is 15.5 Å². The number of aryl methyl sites for hydroxylation is 2. The van der Waals surface area contributed by atoms with E-state index in [9.17, 15) is 0 Å². The number of benzene rings is 2. The molecule has 0 saturated carbocycles. The standard InChI is InChI=1S/C15H16ClNS/c1-10-3-4-11(2)14(7-10)18-15-8-13(16)6-5-12(15)9-17/h3-8H,9,17H2,1-2H3. The molecule has 2 aromatic carbocycles. The summed E-state index contributed by atoms with van der Waals surface area (Å²) in [5, 5.41) is 0.750. The van der Waals surface area contributed by atoms with E-state index in [-0.39, 0.29) is 0 Å². The van der Waals surface area contributed by atoms with Crippen molar-refractivity contribution in [1.82, 2.24) is 0 Å². The minimum Gasteiger partial charge on any atom is -0.326 e. The van der Waals surface area contributed by atoms with E-state index in [0.29, 0.717) is 6.54 Å². The number of hydrogen-bond acceptors (Lipinski definition) is 2. The summed E-state index contributed by atoms with van der Waals surface area (Å²) in [7, 11) is 0. The topological polar surface area (TPSA) is 26.0 Å². The Balaban J connectivity index is 2.38. The number of hydrogen-bond donors (Lipinski definition) is 1. The van der Waals surface area contributed by atoms with Gasteiger partial charge in [0, 0.05) is 21.4 Å². The van der Waals surface area contributed by atoms with Crippen LogP contribution >= 0.6 is 23.4 Å². The lowest BCUT2D eigenvalue weighted by Crippen LogP contribution is -1.98. The van der Waals surface area contributed by atoms with E-state index in [1.54, 1.807) is 11.8 Å². The van der Waals surface area contributed by atoms with Crippen molar-refractivity contribution in [3.63, 3.8) is 0 Å². The van der Waals surface area contributed by atoms with Crippen molar-refractivity contribution in [2.45, 2.75) is 30.2 Å². The molecule has 1 nitrogen and oxygen atoms in total. The van der Waals surface area contributed by atoms with Crippen LogP contribution in [0.5, 0.6) is 0 Å². The first-order chi connectivity index (χ1) is 8.60. The van der Waals surface area contributed by atoms with Gasteiger partial charge < -0.3 is 5.73 Å². The van der Waals surface area contributed by atoms with Crippen LogP contribution in [0.15, 0.2) is 46.2 Å². The summed E-state index contributed by atoms with van der Waals surface area (Å²) in [4.78, 5) is 2.39. The van der Waals surface area contributed by atoms with Crippen LogP contribution < -0.4 is 5.73 Å². The van der Waals surface area contributed by atoms with Gasteiger partial charge in [0.15, 0.2) is 0 Å². The highest BCUT2D eigenvalue weighted by Gasteiger charge is 2.06. The van der Waals surface area contributed by atoms with Gasteiger partial charge in [-0.1, -0.05) is 41.6 Å². The maximum atomic E-state index is 6.06. The normalized spacial score (nSPS) is 10.7.